The number of fused-ring (bicyclic) bond motifs is 1. The quantitative estimate of drug-likeness (QED) is 0.266. The van der Waals surface area contributed by atoms with E-state index in [0.717, 1.165) is 32.7 Å². The van der Waals surface area contributed by atoms with Crippen LogP contribution in [0.5, 0.6) is 0 Å². The molecule has 2 heteroatoms. The van der Waals surface area contributed by atoms with Gasteiger partial charge in [0.15, 0.2) is 0 Å². The first kappa shape index (κ1) is 35.5. The minimum atomic E-state index is 0.421. The van der Waals surface area contributed by atoms with Gasteiger partial charge in [-0.05, 0) is 71.3 Å². The fourth-order valence-electron chi connectivity index (χ4n) is 5.04. The predicted molar refractivity (Wildman–Crippen MR) is 184 cm³/mol. The van der Waals surface area contributed by atoms with E-state index in [4.69, 9.17) is 5.73 Å². The zero-order valence-electron chi connectivity index (χ0n) is 28.5. The maximum Gasteiger partial charge on any atom is 0.0530 e. The van der Waals surface area contributed by atoms with Crippen LogP contribution in [-0.2, 0) is 0 Å². The third kappa shape index (κ3) is 8.76. The molecular weight excluding hydrogens is 484 g/mol. The Bertz CT molecular complexity index is 1220. The summed E-state index contributed by atoms with van der Waals surface area (Å²) in [5.41, 5.74) is 13.0. The van der Waals surface area contributed by atoms with E-state index in [1.165, 1.54) is 48.9 Å². The van der Waals surface area contributed by atoms with Crippen LogP contribution in [0.1, 0.15) is 144 Å². The fraction of sp³-hybridized carbons (Fsp3) is 0.579. The zero-order chi connectivity index (χ0) is 31.0. The summed E-state index contributed by atoms with van der Waals surface area (Å²) in [6, 6.07) is 10.8. The van der Waals surface area contributed by atoms with Crippen LogP contribution in [0, 0.1) is 17.8 Å². The van der Waals surface area contributed by atoms with Crippen LogP contribution < -0.4 is 16.4 Å². The van der Waals surface area contributed by atoms with Gasteiger partial charge < -0.3 is 10.3 Å². The molecule has 1 heterocycles. The minimum Gasteiger partial charge on any atom is -0.398 e. The molecule has 2 nitrogen and oxygen atoms in total. The second-order valence-electron chi connectivity index (χ2n) is 13.5. The van der Waals surface area contributed by atoms with Crippen molar-refractivity contribution < 1.29 is 0 Å². The lowest BCUT2D eigenvalue weighted by atomic mass is 9.79. The number of para-hydroxylation sites is 1. The molecule has 3 aromatic rings. The van der Waals surface area contributed by atoms with Crippen molar-refractivity contribution in [3.8, 4) is 5.69 Å². The van der Waals surface area contributed by atoms with Crippen molar-refractivity contribution >= 4 is 29.6 Å². The van der Waals surface area contributed by atoms with Crippen molar-refractivity contribution in [1.82, 2.24) is 4.57 Å². The van der Waals surface area contributed by atoms with Crippen molar-refractivity contribution in [2.24, 2.45) is 10.8 Å². The molecule has 3 rings (SSSR count). The van der Waals surface area contributed by atoms with Crippen LogP contribution in [0.4, 0.5) is 5.69 Å². The van der Waals surface area contributed by atoms with Gasteiger partial charge in [-0.3, -0.25) is 0 Å². The van der Waals surface area contributed by atoms with E-state index >= 15 is 0 Å². The first-order valence-electron chi connectivity index (χ1n) is 15.8. The Labute approximate surface area is 247 Å². The van der Waals surface area contributed by atoms with Crippen molar-refractivity contribution in [3.63, 3.8) is 0 Å². The molecule has 0 atom stereocenters. The molecule has 0 bridgehead atoms. The summed E-state index contributed by atoms with van der Waals surface area (Å²) < 4.78 is 2.23. The summed E-state index contributed by atoms with van der Waals surface area (Å²) in [7, 11) is 0. The molecule has 0 spiro atoms. The number of benzene rings is 2. The van der Waals surface area contributed by atoms with Crippen LogP contribution in [0.2, 0.25) is 0 Å². The van der Waals surface area contributed by atoms with E-state index in [1.807, 2.05) is 26.8 Å². The molecule has 0 aliphatic rings. The molecule has 0 unspecified atom stereocenters. The third-order valence-corrected chi connectivity index (χ3v) is 8.76. The summed E-state index contributed by atoms with van der Waals surface area (Å²) in [4.78, 5) is 0. The van der Waals surface area contributed by atoms with Crippen molar-refractivity contribution in [2.75, 3.05) is 5.73 Å². The number of aromatic nitrogens is 1. The van der Waals surface area contributed by atoms with Crippen LogP contribution in [-0.4, -0.2) is 4.57 Å². The number of hydrogen-bond acceptors (Lipinski definition) is 1. The zero-order valence-corrected chi connectivity index (χ0v) is 28.5. The van der Waals surface area contributed by atoms with Crippen LogP contribution in [0.3, 0.4) is 0 Å². The van der Waals surface area contributed by atoms with E-state index in [2.05, 4.69) is 111 Å². The molecule has 40 heavy (non-hydrogen) atoms. The number of nitrogen functional groups attached to an aromatic ring is 1. The average Bonchev–Trinajstić information content (AvgIpc) is 3.13. The molecule has 0 radical (unpaired) electrons. The summed E-state index contributed by atoms with van der Waals surface area (Å²) in [6.07, 6.45) is 6.76. The topological polar surface area (TPSA) is 30.9 Å². The summed E-state index contributed by atoms with van der Waals surface area (Å²) in [6.45, 7) is 37.9. The Morgan fingerprint density at radius 2 is 1.18 bits per heavy atom. The van der Waals surface area contributed by atoms with Gasteiger partial charge in [0.25, 0.3) is 0 Å². The van der Waals surface area contributed by atoms with Gasteiger partial charge in [0.1, 0.15) is 0 Å². The number of nitrogens with two attached hydrogens (primary N) is 1. The highest BCUT2D eigenvalue weighted by molar-refractivity contribution is 5.88. The van der Waals surface area contributed by atoms with Gasteiger partial charge in [-0.2, -0.15) is 0 Å². The maximum atomic E-state index is 6.15. The van der Waals surface area contributed by atoms with E-state index < -0.39 is 0 Å². The van der Waals surface area contributed by atoms with Gasteiger partial charge in [-0.1, -0.05) is 134 Å². The van der Waals surface area contributed by atoms with Gasteiger partial charge in [0, 0.05) is 27.2 Å². The molecule has 1 aromatic heterocycles. The summed E-state index contributed by atoms with van der Waals surface area (Å²) >= 11 is 0. The van der Waals surface area contributed by atoms with Crippen molar-refractivity contribution in [2.45, 2.75) is 134 Å². The first-order valence-corrected chi connectivity index (χ1v) is 15.8. The molecule has 0 saturated carbocycles. The van der Waals surface area contributed by atoms with Crippen LogP contribution in [0.15, 0.2) is 30.3 Å². The number of nitrogens with zero attached hydrogens (tertiary/aromatic N) is 1. The third-order valence-electron chi connectivity index (χ3n) is 8.76. The number of aryl methyl sites for hydroxylation is 1. The molecule has 0 aliphatic heterocycles. The Hall–Kier alpha value is -2.48. The number of hydrogen-bond donors (Lipinski definition) is 1. The van der Waals surface area contributed by atoms with E-state index in [-0.39, 0.29) is 0 Å². The second kappa shape index (κ2) is 14.9. The Kier molecular flexibility index (Phi) is 13.3. The van der Waals surface area contributed by atoms with E-state index in [0.29, 0.717) is 22.7 Å². The molecular formula is C38H62N2. The van der Waals surface area contributed by atoms with Gasteiger partial charge >= 0.3 is 0 Å². The van der Waals surface area contributed by atoms with Crippen LogP contribution in [0.25, 0.3) is 29.6 Å². The molecule has 2 aromatic carbocycles. The SMILES string of the molecule is C=c1c2cc(C)c(N)cc2c(=C)n1-c1c(C(C)C)cccc1C(C)C.CC.CCC(C)(C)CCCC(C)(C)CC. The van der Waals surface area contributed by atoms with E-state index in [9.17, 15) is 0 Å². The molecule has 0 saturated heterocycles. The van der Waals surface area contributed by atoms with Gasteiger partial charge in [-0.25, -0.2) is 0 Å². The standard InChI is InChI=1S/C23H28N2.C13H28.C2H6/c1-13(2)18-9-8-10-19(14(3)4)23(18)25-16(6)20-11-15(5)22(24)12-21(20)17(25)7;1-7-12(3,4)10-9-11-13(5,6)8-2;1-2/h8-14H,6-7,24H2,1-5H3;7-11H2,1-6H3;1-2H3. The minimum absolute atomic E-state index is 0.421. The maximum absolute atomic E-state index is 6.15. The van der Waals surface area contributed by atoms with Gasteiger partial charge in [0.2, 0.25) is 0 Å². The lowest BCUT2D eigenvalue weighted by molar-refractivity contribution is 0.256. The van der Waals surface area contributed by atoms with Gasteiger partial charge in [-0.15, -0.1) is 0 Å². The van der Waals surface area contributed by atoms with Crippen molar-refractivity contribution in [3.05, 3.63) is 57.7 Å². The number of anilines is 1. The Balaban J connectivity index is 0.000000454. The second-order valence-corrected chi connectivity index (χ2v) is 13.5. The highest BCUT2D eigenvalue weighted by Gasteiger charge is 2.20. The highest BCUT2D eigenvalue weighted by Crippen LogP contribution is 2.33. The average molecular weight is 547 g/mol. The summed E-state index contributed by atoms with van der Waals surface area (Å²) in [5.74, 6) is 0.842. The number of rotatable bonds is 9. The molecule has 224 valence electrons. The molecule has 0 fully saturated rings. The van der Waals surface area contributed by atoms with E-state index in [1.54, 1.807) is 0 Å². The smallest absolute Gasteiger partial charge is 0.0530 e. The predicted octanol–water partition coefficient (Wildman–Crippen LogP) is 10.6. The Morgan fingerprint density at radius 3 is 1.55 bits per heavy atom. The molecule has 2 N–H and O–H groups in total. The molecule has 0 amide bonds. The van der Waals surface area contributed by atoms with Crippen molar-refractivity contribution in [1.29, 1.82) is 0 Å². The normalized spacial score (nSPS) is 11.9. The fourth-order valence-corrected chi connectivity index (χ4v) is 5.04. The lowest BCUT2D eigenvalue weighted by Gasteiger charge is -2.27. The monoisotopic (exact) mass is 546 g/mol. The Morgan fingerprint density at radius 1 is 0.775 bits per heavy atom. The molecule has 0 aliphatic carbocycles. The summed E-state index contributed by atoms with van der Waals surface area (Å²) in [5, 5.41) is 4.16. The van der Waals surface area contributed by atoms with Gasteiger partial charge in [0.05, 0.1) is 5.69 Å². The first-order chi connectivity index (χ1) is 18.6. The largest absolute Gasteiger partial charge is 0.398 e. The lowest BCUT2D eigenvalue weighted by Crippen LogP contribution is -2.26. The highest BCUT2D eigenvalue weighted by atomic mass is 15.0. The van der Waals surface area contributed by atoms with Crippen LogP contribution >= 0.6 is 0 Å².